The second-order valence-electron chi connectivity index (χ2n) is 3.61. The van der Waals surface area contributed by atoms with E-state index < -0.39 is 0 Å². The lowest BCUT2D eigenvalue weighted by molar-refractivity contribution is -0.144. The van der Waals surface area contributed by atoms with E-state index in [9.17, 15) is 4.79 Å². The van der Waals surface area contributed by atoms with E-state index in [1.165, 1.54) is 18.4 Å². The van der Waals surface area contributed by atoms with Gasteiger partial charge in [-0.25, -0.2) is 0 Å². The Morgan fingerprint density at radius 1 is 1.62 bits per heavy atom. The van der Waals surface area contributed by atoms with Gasteiger partial charge in [0.15, 0.2) is 0 Å². The molecule has 0 aromatic rings. The van der Waals surface area contributed by atoms with Gasteiger partial charge in [0.1, 0.15) is 0 Å². The highest BCUT2D eigenvalue weighted by atomic mass is 16.5. The van der Waals surface area contributed by atoms with Crippen molar-refractivity contribution in [2.45, 2.75) is 39.0 Å². The van der Waals surface area contributed by atoms with Gasteiger partial charge in [0.25, 0.3) is 0 Å². The summed E-state index contributed by atoms with van der Waals surface area (Å²) in [6, 6.07) is 0. The van der Waals surface area contributed by atoms with Crippen molar-refractivity contribution in [3.05, 3.63) is 12.2 Å². The molecule has 0 unspecified atom stereocenters. The summed E-state index contributed by atoms with van der Waals surface area (Å²) in [7, 11) is 0. The van der Waals surface area contributed by atoms with Crippen LogP contribution in [-0.2, 0) is 9.53 Å². The van der Waals surface area contributed by atoms with Crippen molar-refractivity contribution in [2.24, 2.45) is 5.92 Å². The van der Waals surface area contributed by atoms with Crippen LogP contribution in [0.15, 0.2) is 12.2 Å². The summed E-state index contributed by atoms with van der Waals surface area (Å²) in [5.41, 5.74) is 1.24. The van der Waals surface area contributed by atoms with E-state index in [1.54, 1.807) is 0 Å². The summed E-state index contributed by atoms with van der Waals surface area (Å²) in [6.07, 6.45) is 5.19. The molecule has 0 aromatic carbocycles. The van der Waals surface area contributed by atoms with Gasteiger partial charge in [-0.2, -0.15) is 0 Å². The lowest BCUT2D eigenvalue weighted by atomic mass is 9.83. The summed E-state index contributed by atoms with van der Waals surface area (Å²) in [5, 5.41) is 0. The molecule has 1 aliphatic carbocycles. The number of carbonyl (C=O) groups excluding carboxylic acids is 1. The first-order chi connectivity index (χ1) is 6.24. The molecule has 0 heterocycles. The standard InChI is InChI=1S/C11H18O2/c1-3-13-11(12)8-10-7-5-4-6-9(10)2/h10H,2-8H2,1H3/t10-/m1/s1. The quantitative estimate of drug-likeness (QED) is 0.495. The molecule has 1 saturated carbocycles. The maximum absolute atomic E-state index is 11.2. The fraction of sp³-hybridized carbons (Fsp3) is 0.727. The van der Waals surface area contributed by atoms with Crippen LogP contribution in [0.25, 0.3) is 0 Å². The van der Waals surface area contributed by atoms with E-state index in [1.807, 2.05) is 6.92 Å². The lowest BCUT2D eigenvalue weighted by Gasteiger charge is -2.23. The smallest absolute Gasteiger partial charge is 0.306 e. The monoisotopic (exact) mass is 182 g/mol. The van der Waals surface area contributed by atoms with Crippen LogP contribution in [0.5, 0.6) is 0 Å². The first-order valence-electron chi connectivity index (χ1n) is 5.07. The molecule has 0 aromatic heterocycles. The van der Waals surface area contributed by atoms with Gasteiger partial charge >= 0.3 is 5.97 Å². The van der Waals surface area contributed by atoms with Crippen LogP contribution in [-0.4, -0.2) is 12.6 Å². The molecule has 0 amide bonds. The van der Waals surface area contributed by atoms with Crippen molar-refractivity contribution in [3.8, 4) is 0 Å². The van der Waals surface area contributed by atoms with Gasteiger partial charge < -0.3 is 4.74 Å². The average molecular weight is 182 g/mol. The average Bonchev–Trinajstić information content (AvgIpc) is 2.09. The molecule has 1 rings (SSSR count). The third-order valence-corrected chi connectivity index (χ3v) is 2.60. The Labute approximate surface area is 80.0 Å². The molecule has 0 radical (unpaired) electrons. The van der Waals surface area contributed by atoms with Gasteiger partial charge in [0.05, 0.1) is 13.0 Å². The molecule has 0 saturated heterocycles. The predicted octanol–water partition coefficient (Wildman–Crippen LogP) is 2.69. The Kier molecular flexibility index (Phi) is 4.00. The molecule has 0 aliphatic heterocycles. The minimum absolute atomic E-state index is 0.0736. The molecule has 1 aliphatic rings. The summed E-state index contributed by atoms with van der Waals surface area (Å²) in [6.45, 7) is 6.33. The number of hydrogen-bond acceptors (Lipinski definition) is 2. The molecule has 74 valence electrons. The lowest BCUT2D eigenvalue weighted by Crippen LogP contribution is -2.16. The summed E-state index contributed by atoms with van der Waals surface area (Å²) < 4.78 is 4.91. The number of esters is 1. The van der Waals surface area contributed by atoms with Gasteiger partial charge in [0.2, 0.25) is 0 Å². The largest absolute Gasteiger partial charge is 0.466 e. The molecule has 0 bridgehead atoms. The SMILES string of the molecule is C=C1CCCC[C@@H]1CC(=O)OCC. The van der Waals surface area contributed by atoms with Crippen LogP contribution >= 0.6 is 0 Å². The molecule has 0 N–H and O–H groups in total. The van der Waals surface area contributed by atoms with Crippen LogP contribution in [0.2, 0.25) is 0 Å². The van der Waals surface area contributed by atoms with Gasteiger partial charge in [0, 0.05) is 0 Å². The summed E-state index contributed by atoms with van der Waals surface area (Å²) in [5.74, 6) is 0.309. The molecular weight excluding hydrogens is 164 g/mol. The number of ether oxygens (including phenoxy) is 1. The van der Waals surface area contributed by atoms with Crippen LogP contribution in [0, 0.1) is 5.92 Å². The Morgan fingerprint density at radius 3 is 3.00 bits per heavy atom. The molecule has 13 heavy (non-hydrogen) atoms. The van der Waals surface area contributed by atoms with E-state index in [4.69, 9.17) is 4.74 Å². The van der Waals surface area contributed by atoms with E-state index in [0.29, 0.717) is 18.9 Å². The third-order valence-electron chi connectivity index (χ3n) is 2.60. The van der Waals surface area contributed by atoms with E-state index in [-0.39, 0.29) is 5.97 Å². The highest BCUT2D eigenvalue weighted by molar-refractivity contribution is 5.70. The molecule has 2 nitrogen and oxygen atoms in total. The Hall–Kier alpha value is -0.790. The second-order valence-corrected chi connectivity index (χ2v) is 3.61. The normalized spacial score (nSPS) is 22.8. The van der Waals surface area contributed by atoms with Gasteiger partial charge in [-0.3, -0.25) is 4.79 Å². The molecule has 1 fully saturated rings. The Bertz CT molecular complexity index is 196. The van der Waals surface area contributed by atoms with Crippen LogP contribution < -0.4 is 0 Å². The van der Waals surface area contributed by atoms with Crippen molar-refractivity contribution in [3.63, 3.8) is 0 Å². The second kappa shape index (κ2) is 5.05. The molecule has 0 spiro atoms. The number of carbonyl (C=O) groups is 1. The van der Waals surface area contributed by atoms with Crippen LogP contribution in [0.4, 0.5) is 0 Å². The zero-order valence-electron chi connectivity index (χ0n) is 8.34. The summed E-state index contributed by atoms with van der Waals surface area (Å²) >= 11 is 0. The highest BCUT2D eigenvalue weighted by Gasteiger charge is 2.20. The number of allylic oxidation sites excluding steroid dienone is 1. The minimum Gasteiger partial charge on any atom is -0.466 e. The third kappa shape index (κ3) is 3.21. The first kappa shape index (κ1) is 10.3. The molecule has 2 heteroatoms. The van der Waals surface area contributed by atoms with Gasteiger partial charge in [-0.05, 0) is 32.1 Å². The zero-order valence-corrected chi connectivity index (χ0v) is 8.34. The van der Waals surface area contributed by atoms with E-state index >= 15 is 0 Å². The number of rotatable bonds is 3. The first-order valence-corrected chi connectivity index (χ1v) is 5.07. The highest BCUT2D eigenvalue weighted by Crippen LogP contribution is 2.30. The molecular formula is C11H18O2. The maximum Gasteiger partial charge on any atom is 0.306 e. The van der Waals surface area contributed by atoms with Crippen molar-refractivity contribution >= 4 is 5.97 Å². The predicted molar refractivity (Wildman–Crippen MR) is 52.3 cm³/mol. The number of hydrogen-bond donors (Lipinski definition) is 0. The van der Waals surface area contributed by atoms with Crippen molar-refractivity contribution < 1.29 is 9.53 Å². The van der Waals surface area contributed by atoms with Gasteiger partial charge in [-0.15, -0.1) is 0 Å². The molecule has 1 atom stereocenters. The van der Waals surface area contributed by atoms with Gasteiger partial charge in [-0.1, -0.05) is 18.6 Å². The zero-order chi connectivity index (χ0) is 9.68. The van der Waals surface area contributed by atoms with Crippen LogP contribution in [0.1, 0.15) is 39.0 Å². The fourth-order valence-corrected chi connectivity index (χ4v) is 1.82. The fourth-order valence-electron chi connectivity index (χ4n) is 1.82. The van der Waals surface area contributed by atoms with Crippen molar-refractivity contribution in [1.82, 2.24) is 0 Å². The summed E-state index contributed by atoms with van der Waals surface area (Å²) in [4.78, 5) is 11.2. The van der Waals surface area contributed by atoms with Crippen molar-refractivity contribution in [1.29, 1.82) is 0 Å². The van der Waals surface area contributed by atoms with Crippen LogP contribution in [0.3, 0.4) is 0 Å². The van der Waals surface area contributed by atoms with Crippen molar-refractivity contribution in [2.75, 3.05) is 6.61 Å². The Morgan fingerprint density at radius 2 is 2.38 bits per heavy atom. The topological polar surface area (TPSA) is 26.3 Å². The van der Waals surface area contributed by atoms with E-state index in [2.05, 4.69) is 6.58 Å². The Balaban J connectivity index is 2.33. The van der Waals surface area contributed by atoms with E-state index in [0.717, 1.165) is 12.8 Å². The minimum atomic E-state index is -0.0736. The maximum atomic E-state index is 11.2.